The van der Waals surface area contributed by atoms with Crippen LogP contribution in [-0.4, -0.2) is 15.5 Å². The van der Waals surface area contributed by atoms with Gasteiger partial charge in [0.05, 0.1) is 16.6 Å². The maximum absolute atomic E-state index is 12.8. The van der Waals surface area contributed by atoms with Crippen molar-refractivity contribution in [2.75, 3.05) is 5.32 Å². The van der Waals surface area contributed by atoms with Crippen LogP contribution in [0.5, 0.6) is 0 Å². The first-order valence-corrected chi connectivity index (χ1v) is 7.18. The van der Waals surface area contributed by atoms with E-state index < -0.39 is 17.6 Å². The van der Waals surface area contributed by atoms with E-state index in [9.17, 15) is 18.0 Å². The predicted octanol–water partition coefficient (Wildman–Crippen LogP) is 4.15. The molecule has 0 fully saturated rings. The number of carbonyl (C=O) groups is 1. The van der Waals surface area contributed by atoms with Gasteiger partial charge in [0.1, 0.15) is 0 Å². The number of anilines is 1. The lowest BCUT2D eigenvalue weighted by Crippen LogP contribution is -2.16. The highest BCUT2D eigenvalue weighted by Gasteiger charge is 2.31. The average molecular weight is 333 g/mol. The standard InChI is InChI=1S/C17H14F3N3O/c1-10-5-3-8-13-14(10)23(2)16(21-13)22-15(24)11-6-4-7-12(9-11)17(18,19)20/h3-9H,1-2H3,(H,21,22,24). The van der Waals surface area contributed by atoms with Crippen LogP contribution in [0.3, 0.4) is 0 Å². The maximum atomic E-state index is 12.8. The summed E-state index contributed by atoms with van der Waals surface area (Å²) < 4.78 is 40.0. The summed E-state index contributed by atoms with van der Waals surface area (Å²) in [6, 6.07) is 9.86. The quantitative estimate of drug-likeness (QED) is 0.766. The van der Waals surface area contributed by atoms with Gasteiger partial charge < -0.3 is 4.57 Å². The molecule has 0 aliphatic carbocycles. The number of nitrogens with one attached hydrogen (secondary N) is 1. The highest BCUT2D eigenvalue weighted by molar-refractivity contribution is 6.04. The van der Waals surface area contributed by atoms with Gasteiger partial charge in [0.15, 0.2) is 0 Å². The van der Waals surface area contributed by atoms with E-state index in [1.165, 1.54) is 12.1 Å². The third kappa shape index (κ3) is 2.84. The number of hydrogen-bond acceptors (Lipinski definition) is 2. The molecule has 3 aromatic rings. The van der Waals surface area contributed by atoms with Crippen LogP contribution in [0.4, 0.5) is 19.1 Å². The van der Waals surface area contributed by atoms with Gasteiger partial charge in [-0.05, 0) is 36.8 Å². The third-order valence-electron chi connectivity index (χ3n) is 3.77. The summed E-state index contributed by atoms with van der Waals surface area (Å²) in [5, 5.41) is 2.57. The van der Waals surface area contributed by atoms with Crippen LogP contribution in [-0.2, 0) is 13.2 Å². The fourth-order valence-corrected chi connectivity index (χ4v) is 2.59. The maximum Gasteiger partial charge on any atom is 0.416 e. The number of aromatic nitrogens is 2. The topological polar surface area (TPSA) is 46.9 Å². The van der Waals surface area contributed by atoms with Crippen LogP contribution in [0.2, 0.25) is 0 Å². The van der Waals surface area contributed by atoms with Gasteiger partial charge in [-0.3, -0.25) is 10.1 Å². The normalized spacial score (nSPS) is 11.7. The molecule has 0 spiro atoms. The monoisotopic (exact) mass is 333 g/mol. The number of benzene rings is 2. The van der Waals surface area contributed by atoms with Crippen molar-refractivity contribution in [3.8, 4) is 0 Å². The lowest BCUT2D eigenvalue weighted by atomic mass is 10.1. The molecule has 7 heteroatoms. The Kier molecular flexibility index (Phi) is 3.79. The van der Waals surface area contributed by atoms with E-state index in [0.717, 1.165) is 23.2 Å². The van der Waals surface area contributed by atoms with Gasteiger partial charge in [-0.2, -0.15) is 13.2 Å². The molecule has 0 atom stereocenters. The lowest BCUT2D eigenvalue weighted by molar-refractivity contribution is -0.137. The number of fused-ring (bicyclic) bond motifs is 1. The Morgan fingerprint density at radius 3 is 2.54 bits per heavy atom. The number of amides is 1. The number of nitrogens with zero attached hydrogens (tertiary/aromatic N) is 2. The second kappa shape index (κ2) is 5.67. The highest BCUT2D eigenvalue weighted by Crippen LogP contribution is 2.29. The molecule has 3 rings (SSSR count). The SMILES string of the molecule is Cc1cccc2nc(NC(=O)c3cccc(C(F)(F)F)c3)n(C)c12. The fraction of sp³-hybridized carbons (Fsp3) is 0.176. The van der Waals surface area contributed by atoms with E-state index in [1.54, 1.807) is 11.6 Å². The molecule has 1 heterocycles. The first kappa shape index (κ1) is 16.0. The van der Waals surface area contributed by atoms with Gasteiger partial charge in [0, 0.05) is 12.6 Å². The lowest BCUT2D eigenvalue weighted by Gasteiger charge is -2.09. The Hall–Kier alpha value is -2.83. The van der Waals surface area contributed by atoms with Gasteiger partial charge >= 0.3 is 6.18 Å². The van der Waals surface area contributed by atoms with Crippen LogP contribution in [0, 0.1) is 6.92 Å². The number of para-hydroxylation sites is 1. The number of alkyl halides is 3. The minimum atomic E-state index is -4.49. The van der Waals surface area contributed by atoms with Crippen molar-refractivity contribution in [3.63, 3.8) is 0 Å². The minimum Gasteiger partial charge on any atom is -0.313 e. The van der Waals surface area contributed by atoms with E-state index in [2.05, 4.69) is 10.3 Å². The van der Waals surface area contributed by atoms with Crippen LogP contribution in [0.25, 0.3) is 11.0 Å². The molecule has 24 heavy (non-hydrogen) atoms. The van der Waals surface area contributed by atoms with Crippen molar-refractivity contribution in [2.45, 2.75) is 13.1 Å². The summed E-state index contributed by atoms with van der Waals surface area (Å²) in [4.78, 5) is 16.6. The van der Waals surface area contributed by atoms with E-state index in [0.29, 0.717) is 5.52 Å². The smallest absolute Gasteiger partial charge is 0.313 e. The molecule has 1 N–H and O–H groups in total. The van der Waals surface area contributed by atoms with E-state index in [4.69, 9.17) is 0 Å². The molecule has 0 radical (unpaired) electrons. The molecule has 0 bridgehead atoms. The molecule has 0 saturated carbocycles. The Bertz CT molecular complexity index is 928. The van der Waals surface area contributed by atoms with Crippen molar-refractivity contribution in [2.24, 2.45) is 7.05 Å². The second-order valence-corrected chi connectivity index (χ2v) is 5.47. The van der Waals surface area contributed by atoms with E-state index in [-0.39, 0.29) is 11.5 Å². The number of imidazole rings is 1. The number of halogens is 3. The summed E-state index contributed by atoms with van der Waals surface area (Å²) in [5.74, 6) is -0.362. The summed E-state index contributed by atoms with van der Waals surface area (Å²) in [5.41, 5.74) is 1.61. The Labute approximate surface area is 135 Å². The van der Waals surface area contributed by atoms with Crippen LogP contribution in [0.1, 0.15) is 21.5 Å². The molecule has 4 nitrogen and oxygen atoms in total. The van der Waals surface area contributed by atoms with Gasteiger partial charge in [0.2, 0.25) is 5.95 Å². The summed E-state index contributed by atoms with van der Waals surface area (Å²) in [6.45, 7) is 1.92. The average Bonchev–Trinajstić information content (AvgIpc) is 2.84. The zero-order valence-corrected chi connectivity index (χ0v) is 13.0. The molecular weight excluding hydrogens is 319 g/mol. The van der Waals surface area contributed by atoms with E-state index in [1.807, 2.05) is 25.1 Å². The van der Waals surface area contributed by atoms with Gasteiger partial charge in [-0.15, -0.1) is 0 Å². The first-order valence-electron chi connectivity index (χ1n) is 7.18. The van der Waals surface area contributed by atoms with Crippen LogP contribution in [0.15, 0.2) is 42.5 Å². The second-order valence-electron chi connectivity index (χ2n) is 5.47. The van der Waals surface area contributed by atoms with Crippen molar-refractivity contribution < 1.29 is 18.0 Å². The Morgan fingerprint density at radius 2 is 1.88 bits per heavy atom. The predicted molar refractivity (Wildman–Crippen MR) is 84.8 cm³/mol. The van der Waals surface area contributed by atoms with Gasteiger partial charge in [-0.1, -0.05) is 18.2 Å². The summed E-state index contributed by atoms with van der Waals surface area (Å²) in [6.07, 6.45) is -4.49. The Morgan fingerprint density at radius 1 is 1.17 bits per heavy atom. The molecule has 0 saturated heterocycles. The number of hydrogen-bond donors (Lipinski definition) is 1. The number of aryl methyl sites for hydroxylation is 2. The molecule has 0 aliphatic heterocycles. The van der Waals surface area contributed by atoms with Crippen LogP contribution >= 0.6 is 0 Å². The van der Waals surface area contributed by atoms with E-state index >= 15 is 0 Å². The third-order valence-corrected chi connectivity index (χ3v) is 3.77. The molecule has 0 aliphatic rings. The van der Waals surface area contributed by atoms with Crippen molar-refractivity contribution >= 4 is 22.9 Å². The van der Waals surface area contributed by atoms with Crippen molar-refractivity contribution in [1.82, 2.24) is 9.55 Å². The molecule has 2 aromatic carbocycles. The minimum absolute atomic E-state index is 0.0754. The molecule has 124 valence electrons. The first-order chi connectivity index (χ1) is 11.3. The summed E-state index contributed by atoms with van der Waals surface area (Å²) >= 11 is 0. The number of rotatable bonds is 2. The number of carbonyl (C=O) groups excluding carboxylic acids is 1. The van der Waals surface area contributed by atoms with Crippen molar-refractivity contribution in [3.05, 3.63) is 59.2 Å². The summed E-state index contributed by atoms with van der Waals surface area (Å²) in [7, 11) is 1.74. The molecule has 1 aromatic heterocycles. The largest absolute Gasteiger partial charge is 0.416 e. The van der Waals surface area contributed by atoms with Gasteiger partial charge in [-0.25, -0.2) is 4.98 Å². The molecular formula is C17H14F3N3O. The Balaban J connectivity index is 1.93. The van der Waals surface area contributed by atoms with Crippen LogP contribution < -0.4 is 5.32 Å². The fourth-order valence-electron chi connectivity index (χ4n) is 2.59. The molecule has 0 unspecified atom stereocenters. The van der Waals surface area contributed by atoms with Crippen molar-refractivity contribution in [1.29, 1.82) is 0 Å². The zero-order chi connectivity index (χ0) is 17.5. The van der Waals surface area contributed by atoms with Gasteiger partial charge in [0.25, 0.3) is 5.91 Å². The zero-order valence-electron chi connectivity index (χ0n) is 13.0. The highest BCUT2D eigenvalue weighted by atomic mass is 19.4. The molecule has 1 amide bonds.